The van der Waals surface area contributed by atoms with Crippen LogP contribution in [0.15, 0.2) is 36.4 Å². The van der Waals surface area contributed by atoms with Crippen LogP contribution in [0.25, 0.3) is 16.9 Å². The number of nitrogens with two attached hydrogens (primary N) is 1. The van der Waals surface area contributed by atoms with Gasteiger partial charge in [0.05, 0.1) is 5.56 Å². The van der Waals surface area contributed by atoms with E-state index in [1.165, 1.54) is 15.9 Å². The lowest BCUT2D eigenvalue weighted by Crippen LogP contribution is -2.18. The minimum atomic E-state index is -0.611. The van der Waals surface area contributed by atoms with E-state index in [0.29, 0.717) is 10.8 Å². The second kappa shape index (κ2) is 7.10. The van der Waals surface area contributed by atoms with E-state index in [0.717, 1.165) is 27.4 Å². The molecule has 0 saturated heterocycles. The molecule has 0 saturated carbocycles. The summed E-state index contributed by atoms with van der Waals surface area (Å²) < 4.78 is 1.51. The highest BCUT2D eigenvalue weighted by Crippen LogP contribution is 2.39. The molecule has 4 aromatic rings. The molecule has 3 aromatic heterocycles. The lowest BCUT2D eigenvalue weighted by atomic mass is 10.0. The average molecular weight is 406 g/mol. The van der Waals surface area contributed by atoms with Gasteiger partial charge in [-0.3, -0.25) is 9.59 Å². The number of nitrogens with zero attached hydrogens (tertiary/aromatic N) is 4. The zero-order valence-electron chi connectivity index (χ0n) is 16.1. The SMILES string of the molecule is Cc1cc(C)n2nc(C(=O)Nc3sc(C)c(-c4ccccc4)c3C(N)=O)nc2n1. The van der Waals surface area contributed by atoms with Crippen molar-refractivity contribution in [2.24, 2.45) is 5.73 Å². The van der Waals surface area contributed by atoms with Gasteiger partial charge in [-0.15, -0.1) is 16.4 Å². The lowest BCUT2D eigenvalue weighted by Gasteiger charge is -2.05. The number of carbonyl (C=O) groups is 2. The second-order valence-electron chi connectivity index (χ2n) is 6.61. The number of primary amides is 1. The third kappa shape index (κ3) is 3.36. The molecule has 0 spiro atoms. The number of hydrogen-bond donors (Lipinski definition) is 2. The number of aromatic nitrogens is 4. The van der Waals surface area contributed by atoms with E-state index in [9.17, 15) is 9.59 Å². The number of rotatable bonds is 4. The Kier molecular flexibility index (Phi) is 4.59. The summed E-state index contributed by atoms with van der Waals surface area (Å²) in [5, 5.41) is 7.35. The van der Waals surface area contributed by atoms with Gasteiger partial charge in [-0.2, -0.15) is 4.98 Å². The van der Waals surface area contributed by atoms with Crippen molar-refractivity contribution in [3.8, 4) is 11.1 Å². The van der Waals surface area contributed by atoms with Crippen molar-refractivity contribution >= 4 is 33.9 Å². The van der Waals surface area contributed by atoms with Crippen LogP contribution in [0.3, 0.4) is 0 Å². The molecule has 0 aliphatic heterocycles. The van der Waals surface area contributed by atoms with Crippen LogP contribution in [0, 0.1) is 20.8 Å². The Morgan fingerprint density at radius 2 is 1.83 bits per heavy atom. The van der Waals surface area contributed by atoms with Gasteiger partial charge in [0.1, 0.15) is 5.00 Å². The molecule has 0 aliphatic carbocycles. The molecule has 0 radical (unpaired) electrons. The number of benzene rings is 1. The van der Waals surface area contributed by atoms with E-state index in [1.807, 2.05) is 57.2 Å². The molecular formula is C20H18N6O2S. The zero-order chi connectivity index (χ0) is 20.7. The molecule has 8 nitrogen and oxygen atoms in total. The van der Waals surface area contributed by atoms with Crippen molar-refractivity contribution in [1.29, 1.82) is 0 Å². The van der Waals surface area contributed by atoms with Gasteiger partial charge < -0.3 is 11.1 Å². The third-order valence-electron chi connectivity index (χ3n) is 4.44. The number of aryl methyl sites for hydroxylation is 3. The molecule has 3 heterocycles. The zero-order valence-corrected chi connectivity index (χ0v) is 16.9. The number of amides is 2. The molecule has 29 heavy (non-hydrogen) atoms. The van der Waals surface area contributed by atoms with E-state index < -0.39 is 11.8 Å². The summed E-state index contributed by atoms with van der Waals surface area (Å²) in [4.78, 5) is 34.4. The van der Waals surface area contributed by atoms with E-state index in [-0.39, 0.29) is 11.4 Å². The highest BCUT2D eigenvalue weighted by Gasteiger charge is 2.24. The highest BCUT2D eigenvalue weighted by atomic mass is 32.1. The number of nitrogens with one attached hydrogen (secondary N) is 1. The Morgan fingerprint density at radius 1 is 1.10 bits per heavy atom. The Morgan fingerprint density at radius 3 is 2.52 bits per heavy atom. The lowest BCUT2D eigenvalue weighted by molar-refractivity contribution is 0.100. The van der Waals surface area contributed by atoms with Crippen molar-refractivity contribution in [3.63, 3.8) is 0 Å². The first-order valence-corrected chi connectivity index (χ1v) is 9.67. The topological polar surface area (TPSA) is 115 Å². The van der Waals surface area contributed by atoms with Crippen LogP contribution in [-0.4, -0.2) is 31.4 Å². The fourth-order valence-corrected chi connectivity index (χ4v) is 4.32. The largest absolute Gasteiger partial charge is 0.365 e. The molecule has 9 heteroatoms. The van der Waals surface area contributed by atoms with Crippen LogP contribution >= 0.6 is 11.3 Å². The summed E-state index contributed by atoms with van der Waals surface area (Å²) in [6.07, 6.45) is 0. The van der Waals surface area contributed by atoms with Gasteiger partial charge in [-0.25, -0.2) is 9.50 Å². The average Bonchev–Trinajstić information content (AvgIpc) is 3.23. The van der Waals surface area contributed by atoms with Crippen LogP contribution in [0.4, 0.5) is 5.00 Å². The first-order valence-electron chi connectivity index (χ1n) is 8.86. The van der Waals surface area contributed by atoms with E-state index in [4.69, 9.17) is 5.73 Å². The Bertz CT molecular complexity index is 1260. The molecule has 0 unspecified atom stereocenters. The summed E-state index contributed by atoms with van der Waals surface area (Å²) in [5.41, 5.74) is 9.10. The Balaban J connectivity index is 1.74. The number of hydrogen-bond acceptors (Lipinski definition) is 6. The van der Waals surface area contributed by atoms with Crippen molar-refractivity contribution in [1.82, 2.24) is 19.6 Å². The quantitative estimate of drug-likeness (QED) is 0.540. The maximum absolute atomic E-state index is 12.8. The third-order valence-corrected chi connectivity index (χ3v) is 5.46. The number of fused-ring (bicyclic) bond motifs is 1. The number of anilines is 1. The van der Waals surface area contributed by atoms with Crippen molar-refractivity contribution < 1.29 is 9.59 Å². The number of carbonyl (C=O) groups excluding carboxylic acids is 2. The first kappa shape index (κ1) is 18.8. The smallest absolute Gasteiger partial charge is 0.296 e. The fraction of sp³-hybridized carbons (Fsp3) is 0.150. The Hall–Kier alpha value is -3.59. The van der Waals surface area contributed by atoms with Crippen molar-refractivity contribution in [3.05, 3.63) is 64.1 Å². The molecule has 1 aromatic carbocycles. The predicted molar refractivity (Wildman–Crippen MR) is 111 cm³/mol. The van der Waals surface area contributed by atoms with Gasteiger partial charge in [0.2, 0.25) is 5.82 Å². The van der Waals surface area contributed by atoms with Crippen LogP contribution in [-0.2, 0) is 0 Å². The molecule has 146 valence electrons. The summed E-state index contributed by atoms with van der Waals surface area (Å²) in [5.74, 6) is -0.834. The van der Waals surface area contributed by atoms with E-state index >= 15 is 0 Å². The monoisotopic (exact) mass is 406 g/mol. The van der Waals surface area contributed by atoms with Crippen LogP contribution in [0.1, 0.15) is 37.2 Å². The van der Waals surface area contributed by atoms with Gasteiger partial charge in [-0.1, -0.05) is 30.3 Å². The molecule has 3 N–H and O–H groups in total. The minimum absolute atomic E-state index is 0.0334. The predicted octanol–water partition coefficient (Wildman–Crippen LogP) is 3.13. The first-order chi connectivity index (χ1) is 13.8. The number of thiophene rings is 1. The highest BCUT2D eigenvalue weighted by molar-refractivity contribution is 7.17. The molecule has 0 fully saturated rings. The van der Waals surface area contributed by atoms with Gasteiger partial charge in [-0.05, 0) is 32.4 Å². The molecular weight excluding hydrogens is 388 g/mol. The van der Waals surface area contributed by atoms with Crippen molar-refractivity contribution in [2.75, 3.05) is 5.32 Å². The fourth-order valence-electron chi connectivity index (χ4n) is 3.24. The molecule has 0 aliphatic rings. The summed E-state index contributed by atoms with van der Waals surface area (Å²) in [7, 11) is 0. The van der Waals surface area contributed by atoms with E-state index in [2.05, 4.69) is 20.4 Å². The summed E-state index contributed by atoms with van der Waals surface area (Å²) >= 11 is 1.29. The normalized spacial score (nSPS) is 11.0. The molecule has 2 amide bonds. The minimum Gasteiger partial charge on any atom is -0.365 e. The van der Waals surface area contributed by atoms with Gasteiger partial charge in [0.15, 0.2) is 0 Å². The van der Waals surface area contributed by atoms with Crippen LogP contribution < -0.4 is 11.1 Å². The maximum Gasteiger partial charge on any atom is 0.296 e. The Labute approximate surface area is 170 Å². The summed E-state index contributed by atoms with van der Waals surface area (Å²) in [6, 6.07) is 11.3. The van der Waals surface area contributed by atoms with Gasteiger partial charge in [0, 0.05) is 21.8 Å². The molecule has 4 rings (SSSR count). The van der Waals surface area contributed by atoms with Crippen molar-refractivity contribution in [2.45, 2.75) is 20.8 Å². The second-order valence-corrected chi connectivity index (χ2v) is 7.83. The van der Waals surface area contributed by atoms with Gasteiger partial charge in [0.25, 0.3) is 17.6 Å². The van der Waals surface area contributed by atoms with Gasteiger partial charge >= 0.3 is 0 Å². The van der Waals surface area contributed by atoms with Crippen LogP contribution in [0.2, 0.25) is 0 Å². The summed E-state index contributed by atoms with van der Waals surface area (Å²) in [6.45, 7) is 5.59. The maximum atomic E-state index is 12.8. The molecule has 0 bridgehead atoms. The standard InChI is InChI=1S/C20H18N6O2S/c1-10-9-11(2)26-20(22-10)23-17(25-26)18(28)24-19-15(16(21)27)14(12(3)29-19)13-7-5-4-6-8-13/h4-9H,1-3H3,(H2,21,27)(H,24,28). The van der Waals surface area contributed by atoms with Crippen LogP contribution in [0.5, 0.6) is 0 Å². The molecule has 0 atom stereocenters. The van der Waals surface area contributed by atoms with E-state index in [1.54, 1.807) is 0 Å².